The van der Waals surface area contributed by atoms with Crippen LogP contribution in [-0.2, 0) is 7.05 Å². The monoisotopic (exact) mass is 321 g/mol. The van der Waals surface area contributed by atoms with Crippen LogP contribution in [0.1, 0.15) is 24.1 Å². The molecule has 4 nitrogen and oxygen atoms in total. The Morgan fingerprint density at radius 3 is 2.58 bits per heavy atom. The molecule has 0 aliphatic rings. The van der Waals surface area contributed by atoms with E-state index in [1.165, 1.54) is 0 Å². The van der Waals surface area contributed by atoms with E-state index in [4.69, 9.17) is 10.5 Å². The molecule has 1 atom stereocenters. The third-order valence-electron chi connectivity index (χ3n) is 4.15. The minimum atomic E-state index is 0.0837. The first kappa shape index (κ1) is 16.3. The lowest BCUT2D eigenvalue weighted by Gasteiger charge is -2.16. The highest BCUT2D eigenvalue weighted by Crippen LogP contribution is 2.29. The molecule has 1 unspecified atom stereocenters. The fourth-order valence-corrected chi connectivity index (χ4v) is 2.97. The van der Waals surface area contributed by atoms with Crippen molar-refractivity contribution >= 4 is 0 Å². The Balaban J connectivity index is 1.97. The standard InChI is InChI=1S/C20H23N3O/c1-3-24-17-11-7-10-16(12-17)18(14-21)20-13-19(22-23(20)2)15-8-5-4-6-9-15/h4-13,18H,3,14,21H2,1-2H3. The van der Waals surface area contributed by atoms with E-state index in [-0.39, 0.29) is 5.92 Å². The van der Waals surface area contributed by atoms with Crippen LogP contribution in [0.3, 0.4) is 0 Å². The molecule has 0 saturated carbocycles. The van der Waals surface area contributed by atoms with Crippen molar-refractivity contribution in [2.24, 2.45) is 12.8 Å². The number of rotatable bonds is 6. The van der Waals surface area contributed by atoms with Crippen molar-refractivity contribution in [1.29, 1.82) is 0 Å². The summed E-state index contributed by atoms with van der Waals surface area (Å²) in [5, 5.41) is 4.66. The summed E-state index contributed by atoms with van der Waals surface area (Å²) in [6.07, 6.45) is 0. The quantitative estimate of drug-likeness (QED) is 0.755. The zero-order chi connectivity index (χ0) is 16.9. The van der Waals surface area contributed by atoms with Gasteiger partial charge in [-0.15, -0.1) is 0 Å². The van der Waals surface area contributed by atoms with Crippen LogP contribution in [0, 0.1) is 0 Å². The van der Waals surface area contributed by atoms with Crippen LogP contribution in [0.25, 0.3) is 11.3 Å². The van der Waals surface area contributed by atoms with Gasteiger partial charge in [0.1, 0.15) is 5.75 Å². The van der Waals surface area contributed by atoms with Crippen LogP contribution in [0.4, 0.5) is 0 Å². The smallest absolute Gasteiger partial charge is 0.119 e. The van der Waals surface area contributed by atoms with Crippen molar-refractivity contribution in [3.05, 3.63) is 71.9 Å². The van der Waals surface area contributed by atoms with Crippen molar-refractivity contribution in [1.82, 2.24) is 9.78 Å². The molecule has 0 aliphatic carbocycles. The molecule has 0 radical (unpaired) electrons. The molecule has 0 bridgehead atoms. The van der Waals surface area contributed by atoms with Gasteiger partial charge in [0.15, 0.2) is 0 Å². The number of aryl methyl sites for hydroxylation is 1. The van der Waals surface area contributed by atoms with Gasteiger partial charge in [-0.05, 0) is 30.7 Å². The molecule has 124 valence electrons. The maximum absolute atomic E-state index is 6.10. The molecule has 0 aliphatic heterocycles. The van der Waals surface area contributed by atoms with E-state index in [9.17, 15) is 0 Å². The first-order valence-corrected chi connectivity index (χ1v) is 8.25. The number of nitrogens with two attached hydrogens (primary N) is 1. The Bertz CT molecular complexity index is 796. The summed E-state index contributed by atoms with van der Waals surface area (Å²) in [4.78, 5) is 0. The highest BCUT2D eigenvalue weighted by molar-refractivity contribution is 5.59. The van der Waals surface area contributed by atoms with Gasteiger partial charge in [-0.2, -0.15) is 5.10 Å². The fourth-order valence-electron chi connectivity index (χ4n) is 2.97. The summed E-state index contributed by atoms with van der Waals surface area (Å²) in [6.45, 7) is 3.16. The number of aromatic nitrogens is 2. The minimum Gasteiger partial charge on any atom is -0.494 e. The summed E-state index contributed by atoms with van der Waals surface area (Å²) >= 11 is 0. The van der Waals surface area contributed by atoms with Crippen molar-refractivity contribution in [3.63, 3.8) is 0 Å². The van der Waals surface area contributed by atoms with Crippen LogP contribution < -0.4 is 10.5 Å². The van der Waals surface area contributed by atoms with Gasteiger partial charge in [0.2, 0.25) is 0 Å². The number of ether oxygens (including phenoxy) is 1. The SMILES string of the molecule is CCOc1cccc(C(CN)c2cc(-c3ccccc3)nn2C)c1. The second-order valence-corrected chi connectivity index (χ2v) is 5.74. The first-order valence-electron chi connectivity index (χ1n) is 8.25. The third kappa shape index (κ3) is 3.34. The third-order valence-corrected chi connectivity index (χ3v) is 4.15. The second-order valence-electron chi connectivity index (χ2n) is 5.74. The molecule has 0 saturated heterocycles. The molecule has 4 heteroatoms. The van der Waals surface area contributed by atoms with Gasteiger partial charge in [0.05, 0.1) is 12.3 Å². The lowest BCUT2D eigenvalue weighted by molar-refractivity contribution is 0.339. The minimum absolute atomic E-state index is 0.0837. The van der Waals surface area contributed by atoms with E-state index >= 15 is 0 Å². The normalized spacial score (nSPS) is 12.1. The van der Waals surface area contributed by atoms with Crippen LogP contribution >= 0.6 is 0 Å². The predicted octanol–water partition coefficient (Wildman–Crippen LogP) is 3.58. The summed E-state index contributed by atoms with van der Waals surface area (Å²) in [7, 11) is 1.97. The van der Waals surface area contributed by atoms with Crippen LogP contribution in [0.2, 0.25) is 0 Å². The molecule has 2 N–H and O–H groups in total. The van der Waals surface area contributed by atoms with Gasteiger partial charge >= 0.3 is 0 Å². The van der Waals surface area contributed by atoms with E-state index in [0.29, 0.717) is 13.2 Å². The van der Waals surface area contributed by atoms with Gasteiger partial charge in [-0.3, -0.25) is 4.68 Å². The number of nitrogens with zero attached hydrogens (tertiary/aromatic N) is 2. The van der Waals surface area contributed by atoms with E-state index in [1.807, 2.05) is 49.0 Å². The van der Waals surface area contributed by atoms with Crippen LogP contribution in [0.15, 0.2) is 60.7 Å². The maximum Gasteiger partial charge on any atom is 0.119 e. The average molecular weight is 321 g/mol. The summed E-state index contributed by atoms with van der Waals surface area (Å²) < 4.78 is 7.54. The molecule has 0 fully saturated rings. The fraction of sp³-hybridized carbons (Fsp3) is 0.250. The largest absolute Gasteiger partial charge is 0.494 e. The Morgan fingerprint density at radius 2 is 1.88 bits per heavy atom. The van der Waals surface area contributed by atoms with E-state index in [1.54, 1.807) is 0 Å². The maximum atomic E-state index is 6.10. The molecule has 0 amide bonds. The topological polar surface area (TPSA) is 53.1 Å². The van der Waals surface area contributed by atoms with E-state index in [0.717, 1.165) is 28.3 Å². The molecule has 3 rings (SSSR count). The molecular weight excluding hydrogens is 298 g/mol. The highest BCUT2D eigenvalue weighted by Gasteiger charge is 2.19. The van der Waals surface area contributed by atoms with Gasteiger partial charge in [0.25, 0.3) is 0 Å². The highest BCUT2D eigenvalue weighted by atomic mass is 16.5. The lowest BCUT2D eigenvalue weighted by atomic mass is 9.95. The molecule has 24 heavy (non-hydrogen) atoms. The van der Waals surface area contributed by atoms with Gasteiger partial charge in [0, 0.05) is 30.8 Å². The Labute approximate surface area is 142 Å². The Hall–Kier alpha value is -2.59. The molecule has 0 spiro atoms. The van der Waals surface area contributed by atoms with E-state index < -0.39 is 0 Å². The van der Waals surface area contributed by atoms with Crippen LogP contribution in [-0.4, -0.2) is 22.9 Å². The van der Waals surface area contributed by atoms with Crippen molar-refractivity contribution in [2.75, 3.05) is 13.2 Å². The van der Waals surface area contributed by atoms with Crippen molar-refractivity contribution in [2.45, 2.75) is 12.8 Å². The predicted molar refractivity (Wildman–Crippen MR) is 97.2 cm³/mol. The number of benzene rings is 2. The molecular formula is C20H23N3O. The van der Waals surface area contributed by atoms with Crippen molar-refractivity contribution in [3.8, 4) is 17.0 Å². The van der Waals surface area contributed by atoms with E-state index in [2.05, 4.69) is 35.4 Å². The number of hydrogen-bond acceptors (Lipinski definition) is 3. The van der Waals surface area contributed by atoms with Gasteiger partial charge < -0.3 is 10.5 Å². The summed E-state index contributed by atoms with van der Waals surface area (Å²) in [5.74, 6) is 0.958. The molecule has 1 heterocycles. The molecule has 2 aromatic carbocycles. The first-order chi connectivity index (χ1) is 11.7. The zero-order valence-corrected chi connectivity index (χ0v) is 14.1. The van der Waals surface area contributed by atoms with Crippen molar-refractivity contribution < 1.29 is 4.74 Å². The molecule has 3 aromatic rings. The average Bonchev–Trinajstić information content (AvgIpc) is 2.99. The zero-order valence-electron chi connectivity index (χ0n) is 14.1. The second kappa shape index (κ2) is 7.32. The Morgan fingerprint density at radius 1 is 1.08 bits per heavy atom. The van der Waals surface area contributed by atoms with Gasteiger partial charge in [-0.1, -0.05) is 42.5 Å². The Kier molecular flexibility index (Phi) is 4.96. The lowest BCUT2D eigenvalue weighted by Crippen LogP contribution is -2.17. The molecule has 1 aromatic heterocycles. The number of hydrogen-bond donors (Lipinski definition) is 1. The summed E-state index contributed by atoms with van der Waals surface area (Å²) in [6, 6.07) is 20.5. The summed E-state index contributed by atoms with van der Waals surface area (Å²) in [5.41, 5.74) is 10.4. The van der Waals surface area contributed by atoms with Gasteiger partial charge in [-0.25, -0.2) is 0 Å². The van der Waals surface area contributed by atoms with Crippen LogP contribution in [0.5, 0.6) is 5.75 Å².